The minimum absolute atomic E-state index is 0.336. The van der Waals surface area contributed by atoms with Crippen molar-refractivity contribution in [3.63, 3.8) is 0 Å². The predicted octanol–water partition coefficient (Wildman–Crippen LogP) is 3.13. The highest BCUT2D eigenvalue weighted by molar-refractivity contribution is 6.32. The molecule has 1 fully saturated rings. The van der Waals surface area contributed by atoms with Crippen molar-refractivity contribution in [1.82, 2.24) is 14.9 Å². The molecule has 1 saturated heterocycles. The Bertz CT molecular complexity index is 726. The molecule has 0 aliphatic carbocycles. The Balaban J connectivity index is 1.56. The van der Waals surface area contributed by atoms with Crippen LogP contribution in [0.15, 0.2) is 24.3 Å². The first-order valence-corrected chi connectivity index (χ1v) is 9.42. The van der Waals surface area contributed by atoms with Gasteiger partial charge in [0.05, 0.1) is 11.6 Å². The first-order valence-electron chi connectivity index (χ1n) is 9.05. The molecular formula is C19H26ClN5O. The van der Waals surface area contributed by atoms with E-state index in [1.54, 1.807) is 0 Å². The molecule has 2 aromatic rings. The van der Waals surface area contributed by atoms with Gasteiger partial charge in [0.15, 0.2) is 0 Å². The van der Waals surface area contributed by atoms with Crippen LogP contribution in [0.5, 0.6) is 5.75 Å². The third-order valence-electron chi connectivity index (χ3n) is 4.42. The summed E-state index contributed by atoms with van der Waals surface area (Å²) in [6.45, 7) is 9.36. The van der Waals surface area contributed by atoms with E-state index >= 15 is 0 Å². The molecule has 1 aromatic heterocycles. The number of nitrogens with zero attached hydrogens (tertiary/aromatic N) is 4. The molecule has 2 heterocycles. The Hall–Kier alpha value is -2.05. The lowest BCUT2D eigenvalue weighted by Crippen LogP contribution is -2.46. The number of aryl methyl sites for hydroxylation is 1. The van der Waals surface area contributed by atoms with Gasteiger partial charge in [-0.15, -0.1) is 0 Å². The van der Waals surface area contributed by atoms with Gasteiger partial charge in [-0.2, -0.15) is 4.98 Å². The summed E-state index contributed by atoms with van der Waals surface area (Å²) in [5.41, 5.74) is 7.87. The second-order valence-corrected chi connectivity index (χ2v) is 7.01. The van der Waals surface area contributed by atoms with Gasteiger partial charge in [0.2, 0.25) is 5.95 Å². The molecule has 6 nitrogen and oxygen atoms in total. The smallest absolute Gasteiger partial charge is 0.222 e. The molecule has 0 spiro atoms. The fourth-order valence-electron chi connectivity index (χ4n) is 3.10. The Kier molecular flexibility index (Phi) is 6.16. The summed E-state index contributed by atoms with van der Waals surface area (Å²) in [7, 11) is 0. The molecular weight excluding hydrogens is 350 g/mol. The first-order chi connectivity index (χ1) is 12.5. The predicted molar refractivity (Wildman–Crippen MR) is 106 cm³/mol. The van der Waals surface area contributed by atoms with Crippen LogP contribution in [0.4, 0.5) is 11.8 Å². The Morgan fingerprint density at radius 1 is 1.15 bits per heavy atom. The molecule has 0 atom stereocenters. The number of hydrogen-bond donors (Lipinski definition) is 1. The highest BCUT2D eigenvalue weighted by atomic mass is 35.5. The second-order valence-electron chi connectivity index (χ2n) is 6.60. The number of ether oxygens (including phenoxy) is 1. The van der Waals surface area contributed by atoms with Gasteiger partial charge in [-0.25, -0.2) is 4.98 Å². The molecule has 2 N–H and O–H groups in total. The quantitative estimate of drug-likeness (QED) is 0.836. The molecule has 0 radical (unpaired) electrons. The van der Waals surface area contributed by atoms with Crippen LogP contribution in [0.1, 0.15) is 24.6 Å². The van der Waals surface area contributed by atoms with Crippen LogP contribution < -0.4 is 15.4 Å². The summed E-state index contributed by atoms with van der Waals surface area (Å²) >= 11 is 6.34. The lowest BCUT2D eigenvalue weighted by molar-refractivity contribution is 0.249. The number of anilines is 2. The zero-order chi connectivity index (χ0) is 18.5. The molecule has 0 bridgehead atoms. The van der Waals surface area contributed by atoms with E-state index in [-0.39, 0.29) is 0 Å². The zero-order valence-corrected chi connectivity index (χ0v) is 16.2. The summed E-state index contributed by atoms with van der Waals surface area (Å²) in [6.07, 6.45) is 0.972. The van der Waals surface area contributed by atoms with Gasteiger partial charge < -0.3 is 15.4 Å². The third kappa shape index (κ3) is 4.77. The molecule has 1 aromatic carbocycles. The average Bonchev–Trinajstić information content (AvgIpc) is 2.61. The van der Waals surface area contributed by atoms with Crippen molar-refractivity contribution in [2.75, 3.05) is 43.4 Å². The Morgan fingerprint density at radius 3 is 2.58 bits per heavy atom. The maximum absolute atomic E-state index is 6.34. The lowest BCUT2D eigenvalue weighted by atomic mass is 10.2. The van der Waals surface area contributed by atoms with Gasteiger partial charge >= 0.3 is 0 Å². The minimum Gasteiger partial charge on any atom is -0.492 e. The van der Waals surface area contributed by atoms with Crippen molar-refractivity contribution in [3.8, 4) is 5.75 Å². The van der Waals surface area contributed by atoms with Gasteiger partial charge in [0.25, 0.3) is 0 Å². The summed E-state index contributed by atoms with van der Waals surface area (Å²) in [4.78, 5) is 13.2. The van der Waals surface area contributed by atoms with Crippen LogP contribution in [-0.2, 0) is 6.54 Å². The SMILES string of the molecule is CCCOc1ccc(CN2CCN(c3cc(C)nc(N)n3)CC2)cc1Cl. The van der Waals surface area contributed by atoms with Crippen molar-refractivity contribution < 1.29 is 4.74 Å². The highest BCUT2D eigenvalue weighted by Crippen LogP contribution is 2.26. The number of benzene rings is 1. The van der Waals surface area contributed by atoms with Gasteiger partial charge in [-0.3, -0.25) is 4.90 Å². The van der Waals surface area contributed by atoms with Crippen molar-refractivity contribution in [1.29, 1.82) is 0 Å². The topological polar surface area (TPSA) is 67.5 Å². The van der Waals surface area contributed by atoms with E-state index in [1.165, 1.54) is 5.56 Å². The Labute approximate surface area is 159 Å². The normalized spacial score (nSPS) is 15.3. The summed E-state index contributed by atoms with van der Waals surface area (Å²) < 4.78 is 5.64. The van der Waals surface area contributed by atoms with E-state index in [1.807, 2.05) is 25.1 Å². The highest BCUT2D eigenvalue weighted by Gasteiger charge is 2.19. The number of nitrogen functional groups attached to an aromatic ring is 1. The number of aromatic nitrogens is 2. The Morgan fingerprint density at radius 2 is 1.92 bits per heavy atom. The van der Waals surface area contributed by atoms with E-state index in [4.69, 9.17) is 22.1 Å². The van der Waals surface area contributed by atoms with Crippen molar-refractivity contribution in [2.45, 2.75) is 26.8 Å². The first kappa shape index (κ1) is 18.7. The average molecular weight is 376 g/mol. The molecule has 140 valence electrons. The number of halogens is 1. The van der Waals surface area contributed by atoms with E-state index in [0.717, 1.165) is 56.4 Å². The maximum atomic E-state index is 6.34. The van der Waals surface area contributed by atoms with E-state index in [9.17, 15) is 0 Å². The monoisotopic (exact) mass is 375 g/mol. The molecule has 0 saturated carbocycles. The molecule has 0 amide bonds. The fourth-order valence-corrected chi connectivity index (χ4v) is 3.36. The molecule has 1 aliphatic rings. The molecule has 1 aliphatic heterocycles. The summed E-state index contributed by atoms with van der Waals surface area (Å²) in [5.74, 6) is 2.01. The van der Waals surface area contributed by atoms with Crippen molar-refractivity contribution in [2.24, 2.45) is 0 Å². The molecule has 0 unspecified atom stereocenters. The minimum atomic E-state index is 0.336. The third-order valence-corrected chi connectivity index (χ3v) is 4.71. The largest absolute Gasteiger partial charge is 0.492 e. The van der Waals surface area contributed by atoms with Crippen LogP contribution in [0, 0.1) is 6.92 Å². The fraction of sp³-hybridized carbons (Fsp3) is 0.474. The summed E-state index contributed by atoms with van der Waals surface area (Å²) in [6, 6.07) is 8.06. The van der Waals surface area contributed by atoms with Crippen LogP contribution in [0.2, 0.25) is 5.02 Å². The molecule has 3 rings (SSSR count). The number of piperazine rings is 1. The van der Waals surface area contributed by atoms with Gasteiger partial charge in [0.1, 0.15) is 11.6 Å². The van der Waals surface area contributed by atoms with E-state index < -0.39 is 0 Å². The van der Waals surface area contributed by atoms with Gasteiger partial charge in [-0.1, -0.05) is 24.6 Å². The van der Waals surface area contributed by atoms with Crippen LogP contribution in [-0.4, -0.2) is 47.7 Å². The van der Waals surface area contributed by atoms with Gasteiger partial charge in [-0.05, 0) is 31.0 Å². The van der Waals surface area contributed by atoms with Crippen molar-refractivity contribution in [3.05, 3.63) is 40.5 Å². The number of rotatable bonds is 6. The maximum Gasteiger partial charge on any atom is 0.222 e. The summed E-state index contributed by atoms with van der Waals surface area (Å²) in [5, 5.41) is 0.682. The molecule has 7 heteroatoms. The van der Waals surface area contributed by atoms with Crippen LogP contribution in [0.3, 0.4) is 0 Å². The van der Waals surface area contributed by atoms with Crippen LogP contribution >= 0.6 is 11.6 Å². The number of nitrogens with two attached hydrogens (primary N) is 1. The number of hydrogen-bond acceptors (Lipinski definition) is 6. The van der Waals surface area contributed by atoms with E-state index in [2.05, 4.69) is 32.8 Å². The molecule has 26 heavy (non-hydrogen) atoms. The lowest BCUT2D eigenvalue weighted by Gasteiger charge is -2.35. The van der Waals surface area contributed by atoms with Crippen LogP contribution in [0.25, 0.3) is 0 Å². The zero-order valence-electron chi connectivity index (χ0n) is 15.4. The van der Waals surface area contributed by atoms with Crippen molar-refractivity contribution >= 4 is 23.4 Å². The standard InChI is InChI=1S/C19H26ClN5O/c1-3-10-26-17-5-4-15(12-16(17)20)13-24-6-8-25(9-7-24)18-11-14(2)22-19(21)23-18/h4-5,11-12H,3,6-10,13H2,1-2H3,(H2,21,22,23). The van der Waals surface area contributed by atoms with Gasteiger partial charge in [0, 0.05) is 44.5 Å². The van der Waals surface area contributed by atoms with E-state index in [0.29, 0.717) is 17.6 Å². The second kappa shape index (κ2) is 8.56.